The SMILES string of the molecule is Cc1c(F)cc(C(C)NC(=O)c2csc(-c3cc(C4CC4)cc(C4CC4)c3)n2)cc1F. The first kappa shape index (κ1) is 20.3. The van der Waals surface area contributed by atoms with Crippen molar-refractivity contribution in [1.29, 1.82) is 0 Å². The Labute approximate surface area is 184 Å². The van der Waals surface area contributed by atoms with Gasteiger partial charge in [0.2, 0.25) is 0 Å². The molecule has 1 unspecified atom stereocenters. The first-order valence-electron chi connectivity index (χ1n) is 10.8. The summed E-state index contributed by atoms with van der Waals surface area (Å²) in [6.07, 6.45) is 4.99. The molecular formula is C25H24F2N2OS. The molecule has 1 N–H and O–H groups in total. The van der Waals surface area contributed by atoms with Crippen LogP contribution >= 0.6 is 11.3 Å². The van der Waals surface area contributed by atoms with E-state index in [2.05, 4.69) is 28.5 Å². The lowest BCUT2D eigenvalue weighted by molar-refractivity contribution is 0.0935. The molecule has 6 heteroatoms. The molecule has 0 aliphatic heterocycles. The van der Waals surface area contributed by atoms with Gasteiger partial charge in [-0.25, -0.2) is 13.8 Å². The molecule has 31 heavy (non-hydrogen) atoms. The van der Waals surface area contributed by atoms with E-state index in [0.717, 1.165) is 10.6 Å². The fourth-order valence-corrected chi connectivity index (χ4v) is 4.67. The van der Waals surface area contributed by atoms with Crippen molar-refractivity contribution in [3.8, 4) is 10.6 Å². The third-order valence-electron chi connectivity index (χ3n) is 6.21. The quantitative estimate of drug-likeness (QED) is 0.469. The van der Waals surface area contributed by atoms with Crippen LogP contribution in [0.3, 0.4) is 0 Å². The largest absolute Gasteiger partial charge is 0.344 e. The Bertz CT molecular complexity index is 1110. The van der Waals surface area contributed by atoms with Gasteiger partial charge in [-0.1, -0.05) is 6.07 Å². The second-order valence-electron chi connectivity index (χ2n) is 8.78. The van der Waals surface area contributed by atoms with Gasteiger partial charge >= 0.3 is 0 Å². The molecular weight excluding hydrogens is 414 g/mol. The minimum Gasteiger partial charge on any atom is -0.344 e. The van der Waals surface area contributed by atoms with Gasteiger partial charge in [0.1, 0.15) is 22.3 Å². The van der Waals surface area contributed by atoms with Crippen molar-refractivity contribution >= 4 is 17.2 Å². The molecule has 1 aromatic heterocycles. The highest BCUT2D eigenvalue weighted by atomic mass is 32.1. The standard InChI is InChI=1S/C25H24F2N2OS/c1-13-21(26)10-17(11-22(13)27)14(2)28-24(30)23-12-31-25(29-23)20-8-18(15-3-4-15)7-19(9-20)16-5-6-16/h7-12,14-16H,3-6H2,1-2H3,(H,28,30). The second kappa shape index (κ2) is 7.83. The molecule has 2 aromatic carbocycles. The summed E-state index contributed by atoms with van der Waals surface area (Å²) in [7, 11) is 0. The van der Waals surface area contributed by atoms with Crippen LogP contribution in [0.5, 0.6) is 0 Å². The summed E-state index contributed by atoms with van der Waals surface area (Å²) in [5, 5.41) is 5.37. The highest BCUT2D eigenvalue weighted by Crippen LogP contribution is 2.46. The molecule has 1 heterocycles. The fraction of sp³-hybridized carbons (Fsp3) is 0.360. The summed E-state index contributed by atoms with van der Waals surface area (Å²) in [6, 6.07) is 8.76. The Morgan fingerprint density at radius 2 is 1.61 bits per heavy atom. The zero-order valence-electron chi connectivity index (χ0n) is 17.5. The summed E-state index contributed by atoms with van der Waals surface area (Å²) < 4.78 is 27.8. The van der Waals surface area contributed by atoms with Gasteiger partial charge in [-0.15, -0.1) is 11.3 Å². The summed E-state index contributed by atoms with van der Waals surface area (Å²) in [4.78, 5) is 17.3. The maximum Gasteiger partial charge on any atom is 0.271 e. The molecule has 2 saturated carbocycles. The highest BCUT2D eigenvalue weighted by molar-refractivity contribution is 7.13. The smallest absolute Gasteiger partial charge is 0.271 e. The molecule has 0 bridgehead atoms. The predicted molar refractivity (Wildman–Crippen MR) is 118 cm³/mol. The first-order valence-corrected chi connectivity index (χ1v) is 11.6. The van der Waals surface area contributed by atoms with E-state index in [0.29, 0.717) is 23.1 Å². The Kier molecular flexibility index (Phi) is 5.13. The van der Waals surface area contributed by atoms with Gasteiger partial charge in [0.05, 0.1) is 6.04 Å². The lowest BCUT2D eigenvalue weighted by Gasteiger charge is -2.14. The van der Waals surface area contributed by atoms with E-state index < -0.39 is 17.7 Å². The molecule has 0 radical (unpaired) electrons. The van der Waals surface area contributed by atoms with Crippen molar-refractivity contribution in [3.63, 3.8) is 0 Å². The van der Waals surface area contributed by atoms with Crippen molar-refractivity contribution < 1.29 is 13.6 Å². The molecule has 3 aromatic rings. The second-order valence-corrected chi connectivity index (χ2v) is 9.64. The number of thiazole rings is 1. The zero-order chi connectivity index (χ0) is 21.7. The first-order chi connectivity index (χ1) is 14.9. The van der Waals surface area contributed by atoms with Gasteiger partial charge in [-0.2, -0.15) is 0 Å². The number of carbonyl (C=O) groups is 1. The molecule has 1 atom stereocenters. The summed E-state index contributed by atoms with van der Waals surface area (Å²) >= 11 is 1.45. The topological polar surface area (TPSA) is 42.0 Å². The Hall–Kier alpha value is -2.60. The zero-order valence-corrected chi connectivity index (χ0v) is 18.4. The van der Waals surface area contributed by atoms with Crippen LogP contribution in [0.4, 0.5) is 8.78 Å². The molecule has 0 spiro atoms. The monoisotopic (exact) mass is 438 g/mol. The maximum atomic E-state index is 13.9. The predicted octanol–water partition coefficient (Wildman–Crippen LogP) is 6.64. The van der Waals surface area contributed by atoms with Crippen LogP contribution in [0.15, 0.2) is 35.7 Å². The number of hydrogen-bond donors (Lipinski definition) is 1. The maximum absolute atomic E-state index is 13.9. The van der Waals surface area contributed by atoms with Gasteiger partial charge in [0, 0.05) is 16.5 Å². The van der Waals surface area contributed by atoms with Crippen molar-refractivity contribution in [2.45, 2.75) is 57.4 Å². The molecule has 2 aliphatic carbocycles. The number of amides is 1. The van der Waals surface area contributed by atoms with Gasteiger partial charge < -0.3 is 5.32 Å². The Morgan fingerprint density at radius 3 is 2.16 bits per heavy atom. The van der Waals surface area contributed by atoms with Gasteiger partial charge in [0.25, 0.3) is 5.91 Å². The Balaban J connectivity index is 1.35. The molecule has 160 valence electrons. The van der Waals surface area contributed by atoms with Crippen LogP contribution in [-0.2, 0) is 0 Å². The summed E-state index contributed by atoms with van der Waals surface area (Å²) in [6.45, 7) is 3.09. The number of nitrogens with zero attached hydrogens (tertiary/aromatic N) is 1. The third-order valence-corrected chi connectivity index (χ3v) is 7.10. The van der Waals surface area contributed by atoms with E-state index >= 15 is 0 Å². The number of benzene rings is 2. The van der Waals surface area contributed by atoms with Crippen molar-refractivity contribution in [3.05, 3.63) is 75.3 Å². The fourth-order valence-electron chi connectivity index (χ4n) is 3.88. The normalized spacial score (nSPS) is 16.9. The minimum absolute atomic E-state index is 0.0228. The van der Waals surface area contributed by atoms with Gasteiger partial charge in [-0.3, -0.25) is 4.79 Å². The molecule has 5 rings (SSSR count). The molecule has 1 amide bonds. The lowest BCUT2D eigenvalue weighted by Crippen LogP contribution is -2.27. The number of nitrogens with one attached hydrogen (secondary N) is 1. The van der Waals surface area contributed by atoms with Crippen LogP contribution in [0.25, 0.3) is 10.6 Å². The van der Waals surface area contributed by atoms with Crippen molar-refractivity contribution in [2.75, 3.05) is 0 Å². The van der Waals surface area contributed by atoms with E-state index in [4.69, 9.17) is 0 Å². The van der Waals surface area contributed by atoms with Crippen LogP contribution < -0.4 is 5.32 Å². The highest BCUT2D eigenvalue weighted by Gasteiger charge is 2.29. The molecule has 3 nitrogen and oxygen atoms in total. The number of rotatable bonds is 6. The lowest BCUT2D eigenvalue weighted by atomic mass is 10.00. The van der Waals surface area contributed by atoms with E-state index in [-0.39, 0.29) is 11.5 Å². The van der Waals surface area contributed by atoms with E-state index in [1.165, 1.54) is 67.2 Å². The van der Waals surface area contributed by atoms with Gasteiger partial charge in [0.15, 0.2) is 0 Å². The Morgan fingerprint density at radius 1 is 1.03 bits per heavy atom. The van der Waals surface area contributed by atoms with E-state index in [1.54, 1.807) is 12.3 Å². The number of aromatic nitrogens is 1. The molecule has 2 aliphatic rings. The number of halogens is 2. The summed E-state index contributed by atoms with van der Waals surface area (Å²) in [5.41, 5.74) is 4.53. The van der Waals surface area contributed by atoms with Crippen LogP contribution in [0, 0.1) is 18.6 Å². The third kappa shape index (κ3) is 4.26. The summed E-state index contributed by atoms with van der Waals surface area (Å²) in [5.74, 6) is -0.257. The van der Waals surface area contributed by atoms with E-state index in [9.17, 15) is 13.6 Å². The van der Waals surface area contributed by atoms with Crippen LogP contribution in [-0.4, -0.2) is 10.9 Å². The van der Waals surface area contributed by atoms with Crippen LogP contribution in [0.2, 0.25) is 0 Å². The number of hydrogen-bond acceptors (Lipinski definition) is 3. The average Bonchev–Trinajstić information content (AvgIpc) is 3.68. The molecule has 0 saturated heterocycles. The minimum atomic E-state index is -0.617. The number of carbonyl (C=O) groups excluding carboxylic acids is 1. The van der Waals surface area contributed by atoms with E-state index in [1.807, 2.05) is 0 Å². The average molecular weight is 439 g/mol. The van der Waals surface area contributed by atoms with Crippen molar-refractivity contribution in [2.24, 2.45) is 0 Å². The molecule has 2 fully saturated rings. The van der Waals surface area contributed by atoms with Crippen molar-refractivity contribution in [1.82, 2.24) is 10.3 Å². The van der Waals surface area contributed by atoms with Crippen LogP contribution in [0.1, 0.15) is 83.2 Å². The van der Waals surface area contributed by atoms with Gasteiger partial charge in [-0.05, 0) is 92.3 Å².